The molecule has 0 saturated carbocycles. The number of aromatic nitrogens is 2. The normalized spacial score (nSPS) is 12.9. The van der Waals surface area contributed by atoms with Crippen molar-refractivity contribution in [2.24, 2.45) is 0 Å². The average Bonchev–Trinajstić information content (AvgIpc) is 2.87. The minimum Gasteiger partial charge on any atom is -0.340 e. The first kappa shape index (κ1) is 11.3. The smallest absolute Gasteiger partial charge is 0.223 e. The number of aryl methyl sites for hydroxylation is 1. The summed E-state index contributed by atoms with van der Waals surface area (Å²) in [7, 11) is 0. The third-order valence-electron chi connectivity index (χ3n) is 2.30. The Morgan fingerprint density at radius 1 is 1.56 bits per heavy atom. The highest BCUT2D eigenvalue weighted by atomic mass is 32.1. The molecule has 0 aliphatic heterocycles. The van der Waals surface area contributed by atoms with E-state index in [-0.39, 0.29) is 0 Å². The summed E-state index contributed by atoms with van der Waals surface area (Å²) in [4.78, 5) is 4.14. The summed E-state index contributed by atoms with van der Waals surface area (Å²) < 4.78 is 4.90. The lowest BCUT2D eigenvalue weighted by molar-refractivity contribution is 0.383. The van der Waals surface area contributed by atoms with Crippen molar-refractivity contribution in [1.29, 1.82) is 0 Å². The van der Waals surface area contributed by atoms with Gasteiger partial charge >= 0.3 is 0 Å². The first-order valence-corrected chi connectivity index (χ1v) is 6.22. The van der Waals surface area contributed by atoms with E-state index < -0.39 is 0 Å². The van der Waals surface area contributed by atoms with Crippen LogP contribution in [0.15, 0.2) is 21.3 Å². The molecule has 0 aromatic carbocycles. The molecule has 0 aliphatic rings. The molecule has 2 heterocycles. The SMILES string of the molecule is Cc1nc(CNC(C)Cc2ccsc2)no1. The average molecular weight is 237 g/mol. The number of thiophene rings is 1. The fourth-order valence-electron chi connectivity index (χ4n) is 1.51. The molecule has 0 fully saturated rings. The highest BCUT2D eigenvalue weighted by molar-refractivity contribution is 7.07. The zero-order valence-corrected chi connectivity index (χ0v) is 10.3. The fraction of sp³-hybridized carbons (Fsp3) is 0.455. The molecule has 0 radical (unpaired) electrons. The lowest BCUT2D eigenvalue weighted by Gasteiger charge is -2.10. The quantitative estimate of drug-likeness (QED) is 0.865. The Hall–Kier alpha value is -1.20. The standard InChI is InChI=1S/C11H15N3OS/c1-8(5-10-3-4-16-7-10)12-6-11-13-9(2)15-14-11/h3-4,7-8,12H,5-6H2,1-2H3. The molecule has 2 aromatic rings. The first-order chi connectivity index (χ1) is 7.74. The molecule has 1 atom stereocenters. The van der Waals surface area contributed by atoms with Gasteiger partial charge in [-0.2, -0.15) is 16.3 Å². The lowest BCUT2D eigenvalue weighted by atomic mass is 10.1. The van der Waals surface area contributed by atoms with Gasteiger partial charge in [0.1, 0.15) is 0 Å². The maximum absolute atomic E-state index is 4.90. The maximum atomic E-state index is 4.90. The molecule has 86 valence electrons. The highest BCUT2D eigenvalue weighted by Crippen LogP contribution is 2.08. The van der Waals surface area contributed by atoms with Crippen LogP contribution < -0.4 is 5.32 Å². The van der Waals surface area contributed by atoms with Crippen molar-refractivity contribution in [1.82, 2.24) is 15.5 Å². The molecule has 1 unspecified atom stereocenters. The number of rotatable bonds is 5. The molecule has 0 amide bonds. The van der Waals surface area contributed by atoms with Crippen LogP contribution in [0.25, 0.3) is 0 Å². The van der Waals surface area contributed by atoms with Crippen LogP contribution in [0, 0.1) is 6.92 Å². The van der Waals surface area contributed by atoms with Crippen molar-refractivity contribution in [3.05, 3.63) is 34.1 Å². The topological polar surface area (TPSA) is 51.0 Å². The minimum absolute atomic E-state index is 0.411. The van der Waals surface area contributed by atoms with Gasteiger partial charge in [0, 0.05) is 13.0 Å². The van der Waals surface area contributed by atoms with Gasteiger partial charge in [0.25, 0.3) is 0 Å². The van der Waals surface area contributed by atoms with Crippen LogP contribution in [0.2, 0.25) is 0 Å². The van der Waals surface area contributed by atoms with Gasteiger partial charge in [-0.25, -0.2) is 0 Å². The number of hydrogen-bond acceptors (Lipinski definition) is 5. The van der Waals surface area contributed by atoms with E-state index in [1.807, 2.05) is 0 Å². The number of nitrogens with zero attached hydrogens (tertiary/aromatic N) is 2. The second-order valence-electron chi connectivity index (χ2n) is 3.85. The van der Waals surface area contributed by atoms with E-state index in [0.717, 1.165) is 12.2 Å². The summed E-state index contributed by atoms with van der Waals surface area (Å²) in [6.07, 6.45) is 1.03. The van der Waals surface area contributed by atoms with Crippen molar-refractivity contribution in [2.45, 2.75) is 32.9 Å². The van der Waals surface area contributed by atoms with Gasteiger partial charge in [-0.1, -0.05) is 5.16 Å². The molecule has 0 spiro atoms. The Labute approximate surface area is 98.7 Å². The highest BCUT2D eigenvalue weighted by Gasteiger charge is 2.06. The van der Waals surface area contributed by atoms with E-state index >= 15 is 0 Å². The van der Waals surface area contributed by atoms with E-state index in [1.54, 1.807) is 18.3 Å². The van der Waals surface area contributed by atoms with Crippen molar-refractivity contribution >= 4 is 11.3 Å². The number of nitrogens with one attached hydrogen (secondary N) is 1. The van der Waals surface area contributed by atoms with Gasteiger partial charge < -0.3 is 9.84 Å². The maximum Gasteiger partial charge on any atom is 0.223 e. The Balaban J connectivity index is 1.77. The molecule has 2 rings (SSSR count). The number of hydrogen-bond donors (Lipinski definition) is 1. The Morgan fingerprint density at radius 3 is 3.06 bits per heavy atom. The third-order valence-corrected chi connectivity index (χ3v) is 3.03. The Kier molecular flexibility index (Phi) is 3.69. The van der Waals surface area contributed by atoms with Gasteiger partial charge in [0.15, 0.2) is 5.82 Å². The molecule has 1 N–H and O–H groups in total. The van der Waals surface area contributed by atoms with E-state index in [9.17, 15) is 0 Å². The molecule has 5 heteroatoms. The molecule has 0 bridgehead atoms. The van der Waals surface area contributed by atoms with Crippen LogP contribution in [0.1, 0.15) is 24.2 Å². The molecule has 0 aliphatic carbocycles. The van der Waals surface area contributed by atoms with Crippen molar-refractivity contribution in [2.75, 3.05) is 0 Å². The van der Waals surface area contributed by atoms with Crippen LogP contribution >= 0.6 is 11.3 Å². The zero-order chi connectivity index (χ0) is 11.4. The molecular formula is C11H15N3OS. The second-order valence-corrected chi connectivity index (χ2v) is 4.63. The molecule has 2 aromatic heterocycles. The third kappa shape index (κ3) is 3.15. The predicted molar refractivity (Wildman–Crippen MR) is 63.4 cm³/mol. The van der Waals surface area contributed by atoms with Crippen LogP contribution in [-0.2, 0) is 13.0 Å². The summed E-state index contributed by atoms with van der Waals surface area (Å²) in [6.45, 7) is 4.61. The van der Waals surface area contributed by atoms with Gasteiger partial charge in [-0.3, -0.25) is 0 Å². The summed E-state index contributed by atoms with van der Waals surface area (Å²) in [6, 6.07) is 2.56. The van der Waals surface area contributed by atoms with Gasteiger partial charge in [-0.05, 0) is 35.7 Å². The van der Waals surface area contributed by atoms with Crippen molar-refractivity contribution in [3.63, 3.8) is 0 Å². The van der Waals surface area contributed by atoms with E-state index in [4.69, 9.17) is 4.52 Å². The van der Waals surface area contributed by atoms with E-state index in [2.05, 4.69) is 39.2 Å². The van der Waals surface area contributed by atoms with Gasteiger partial charge in [0.2, 0.25) is 5.89 Å². The van der Waals surface area contributed by atoms with Gasteiger partial charge in [0.05, 0.1) is 6.54 Å². The first-order valence-electron chi connectivity index (χ1n) is 5.27. The summed E-state index contributed by atoms with van der Waals surface area (Å²) in [5.74, 6) is 1.33. The molecule has 0 saturated heterocycles. The van der Waals surface area contributed by atoms with E-state index in [0.29, 0.717) is 18.5 Å². The molecular weight excluding hydrogens is 222 g/mol. The monoisotopic (exact) mass is 237 g/mol. The molecule has 16 heavy (non-hydrogen) atoms. The van der Waals surface area contributed by atoms with Crippen LogP contribution in [0.3, 0.4) is 0 Å². The van der Waals surface area contributed by atoms with Gasteiger partial charge in [-0.15, -0.1) is 0 Å². The largest absolute Gasteiger partial charge is 0.340 e. The summed E-state index contributed by atoms with van der Waals surface area (Å²) >= 11 is 1.73. The lowest BCUT2D eigenvalue weighted by Crippen LogP contribution is -2.27. The van der Waals surface area contributed by atoms with Crippen LogP contribution in [0.4, 0.5) is 0 Å². The van der Waals surface area contributed by atoms with E-state index in [1.165, 1.54) is 5.56 Å². The summed E-state index contributed by atoms with van der Waals surface area (Å²) in [5.41, 5.74) is 1.37. The summed E-state index contributed by atoms with van der Waals surface area (Å²) in [5, 5.41) is 11.5. The van der Waals surface area contributed by atoms with Crippen molar-refractivity contribution < 1.29 is 4.52 Å². The molecule has 4 nitrogen and oxygen atoms in total. The van der Waals surface area contributed by atoms with Crippen LogP contribution in [0.5, 0.6) is 0 Å². The fourth-order valence-corrected chi connectivity index (χ4v) is 2.19. The minimum atomic E-state index is 0.411. The zero-order valence-electron chi connectivity index (χ0n) is 9.43. The predicted octanol–water partition coefficient (Wildman–Crippen LogP) is 2.16. The second kappa shape index (κ2) is 5.23. The Bertz CT molecular complexity index is 424. The van der Waals surface area contributed by atoms with Crippen LogP contribution in [-0.4, -0.2) is 16.2 Å². The van der Waals surface area contributed by atoms with Crippen molar-refractivity contribution in [3.8, 4) is 0 Å². The Morgan fingerprint density at radius 2 is 2.44 bits per heavy atom.